The summed E-state index contributed by atoms with van der Waals surface area (Å²) in [6.07, 6.45) is 4.30. The van der Waals surface area contributed by atoms with E-state index in [4.69, 9.17) is 4.74 Å². The summed E-state index contributed by atoms with van der Waals surface area (Å²) in [6, 6.07) is 5.71. The maximum absolute atomic E-state index is 12.1. The van der Waals surface area contributed by atoms with Gasteiger partial charge in [-0.25, -0.2) is 4.79 Å². The van der Waals surface area contributed by atoms with Crippen molar-refractivity contribution < 1.29 is 9.53 Å². The van der Waals surface area contributed by atoms with Gasteiger partial charge in [-0.05, 0) is 34.5 Å². The molecule has 21 heavy (non-hydrogen) atoms. The number of thiophene rings is 1. The maximum Gasteiger partial charge on any atom is 0.317 e. The third kappa shape index (κ3) is 3.72. The molecular weight excluding hydrogens is 286 g/mol. The van der Waals surface area contributed by atoms with E-state index >= 15 is 0 Å². The lowest BCUT2D eigenvalue weighted by Crippen LogP contribution is -2.39. The summed E-state index contributed by atoms with van der Waals surface area (Å²) in [5.74, 6) is 0.753. The first-order valence-electron chi connectivity index (χ1n) is 6.92. The van der Waals surface area contributed by atoms with E-state index in [1.54, 1.807) is 28.6 Å². The quantitative estimate of drug-likeness (QED) is 0.944. The highest BCUT2D eigenvalue weighted by atomic mass is 32.1. The van der Waals surface area contributed by atoms with Crippen molar-refractivity contribution in [3.63, 3.8) is 0 Å². The van der Waals surface area contributed by atoms with Crippen molar-refractivity contribution in [1.82, 2.24) is 15.2 Å². The van der Waals surface area contributed by atoms with E-state index in [-0.39, 0.29) is 12.1 Å². The Hall–Kier alpha value is -2.08. The molecule has 0 aromatic carbocycles. The number of rotatable bonds is 4. The molecule has 110 valence electrons. The molecule has 6 heteroatoms. The second-order valence-corrected chi connectivity index (χ2v) is 5.73. The number of carbonyl (C=O) groups is 1. The molecule has 2 aromatic rings. The molecule has 5 nitrogen and oxygen atoms in total. The molecule has 0 saturated carbocycles. The van der Waals surface area contributed by atoms with Crippen molar-refractivity contribution >= 4 is 17.4 Å². The van der Waals surface area contributed by atoms with Gasteiger partial charge in [0.2, 0.25) is 0 Å². The van der Waals surface area contributed by atoms with Crippen molar-refractivity contribution in [3.8, 4) is 5.75 Å². The second kappa shape index (κ2) is 6.58. The van der Waals surface area contributed by atoms with Gasteiger partial charge in [0.25, 0.3) is 0 Å². The van der Waals surface area contributed by atoms with Crippen LogP contribution in [0.5, 0.6) is 5.75 Å². The molecular formula is C15H17N3O2S. The zero-order valence-electron chi connectivity index (χ0n) is 11.6. The van der Waals surface area contributed by atoms with E-state index in [0.29, 0.717) is 13.1 Å². The average Bonchev–Trinajstić information content (AvgIpc) is 3.17. The van der Waals surface area contributed by atoms with Crippen molar-refractivity contribution in [1.29, 1.82) is 0 Å². The summed E-state index contributed by atoms with van der Waals surface area (Å²) in [4.78, 5) is 17.9. The zero-order chi connectivity index (χ0) is 14.5. The third-order valence-electron chi connectivity index (χ3n) is 3.39. The van der Waals surface area contributed by atoms with Crippen molar-refractivity contribution in [2.75, 3.05) is 13.1 Å². The molecule has 2 amide bonds. The van der Waals surface area contributed by atoms with E-state index in [9.17, 15) is 4.79 Å². The average molecular weight is 303 g/mol. The van der Waals surface area contributed by atoms with E-state index in [0.717, 1.165) is 24.3 Å². The molecule has 3 heterocycles. The minimum Gasteiger partial charge on any atom is -0.487 e. The molecule has 3 rings (SSSR count). The number of aromatic nitrogens is 1. The molecule has 1 aliphatic heterocycles. The van der Waals surface area contributed by atoms with Crippen LogP contribution in [0, 0.1) is 0 Å². The highest BCUT2D eigenvalue weighted by Crippen LogP contribution is 2.17. The predicted molar refractivity (Wildman–Crippen MR) is 81.4 cm³/mol. The van der Waals surface area contributed by atoms with Crippen LogP contribution in [0.2, 0.25) is 0 Å². The number of urea groups is 1. The van der Waals surface area contributed by atoms with Crippen LogP contribution in [-0.2, 0) is 6.54 Å². The number of hydrogen-bond acceptors (Lipinski definition) is 4. The van der Waals surface area contributed by atoms with E-state index in [1.807, 2.05) is 29.0 Å². The lowest BCUT2D eigenvalue weighted by Gasteiger charge is -2.17. The Morgan fingerprint density at radius 2 is 2.48 bits per heavy atom. The lowest BCUT2D eigenvalue weighted by atomic mass is 10.3. The van der Waals surface area contributed by atoms with Gasteiger partial charge >= 0.3 is 6.03 Å². The van der Waals surface area contributed by atoms with Crippen LogP contribution in [0.3, 0.4) is 0 Å². The van der Waals surface area contributed by atoms with E-state index in [1.165, 1.54) is 0 Å². The molecule has 0 bridgehead atoms. The van der Waals surface area contributed by atoms with Gasteiger partial charge in [-0.15, -0.1) is 0 Å². The molecule has 0 aliphatic carbocycles. The predicted octanol–water partition coefficient (Wildman–Crippen LogP) is 2.51. The highest BCUT2D eigenvalue weighted by molar-refractivity contribution is 7.07. The monoisotopic (exact) mass is 303 g/mol. The zero-order valence-corrected chi connectivity index (χ0v) is 12.4. The minimum atomic E-state index is -0.0292. The summed E-state index contributed by atoms with van der Waals surface area (Å²) < 4.78 is 5.82. The van der Waals surface area contributed by atoms with Gasteiger partial charge in [0.15, 0.2) is 0 Å². The number of nitrogens with one attached hydrogen (secondary N) is 1. The van der Waals surface area contributed by atoms with Crippen LogP contribution in [0.1, 0.15) is 12.0 Å². The van der Waals surface area contributed by atoms with Crippen LogP contribution in [-0.4, -0.2) is 35.1 Å². The maximum atomic E-state index is 12.1. The fourth-order valence-electron chi connectivity index (χ4n) is 2.30. The number of ether oxygens (including phenoxy) is 1. The molecule has 0 radical (unpaired) electrons. The van der Waals surface area contributed by atoms with Gasteiger partial charge in [0, 0.05) is 25.7 Å². The van der Waals surface area contributed by atoms with Gasteiger partial charge in [0.1, 0.15) is 11.9 Å². The third-order valence-corrected chi connectivity index (χ3v) is 4.13. The standard InChI is InChI=1S/C15H17N3O2S/c19-15(17-8-12-4-7-21-11-12)18-6-3-14(10-18)20-13-2-1-5-16-9-13/h1-2,4-5,7,9,11,14H,3,6,8,10H2,(H,17,19). The molecule has 1 N–H and O–H groups in total. The van der Waals surface area contributed by atoms with Crippen molar-refractivity contribution in [2.24, 2.45) is 0 Å². The summed E-state index contributed by atoms with van der Waals surface area (Å²) in [6.45, 7) is 1.91. The smallest absolute Gasteiger partial charge is 0.317 e. The normalized spacial score (nSPS) is 17.7. The van der Waals surface area contributed by atoms with Crippen LogP contribution in [0.25, 0.3) is 0 Å². The van der Waals surface area contributed by atoms with Gasteiger partial charge in [-0.3, -0.25) is 4.98 Å². The molecule has 1 unspecified atom stereocenters. The summed E-state index contributed by atoms with van der Waals surface area (Å²) in [5.41, 5.74) is 1.13. The number of carbonyl (C=O) groups excluding carboxylic acids is 1. The molecule has 1 atom stereocenters. The molecule has 1 saturated heterocycles. The van der Waals surface area contributed by atoms with Gasteiger partial charge < -0.3 is 15.0 Å². The largest absolute Gasteiger partial charge is 0.487 e. The van der Waals surface area contributed by atoms with E-state index < -0.39 is 0 Å². The van der Waals surface area contributed by atoms with Crippen LogP contribution >= 0.6 is 11.3 Å². The van der Waals surface area contributed by atoms with E-state index in [2.05, 4.69) is 10.3 Å². The van der Waals surface area contributed by atoms with Gasteiger partial charge in [-0.2, -0.15) is 11.3 Å². The Morgan fingerprint density at radius 1 is 1.52 bits per heavy atom. The lowest BCUT2D eigenvalue weighted by molar-refractivity contribution is 0.186. The first-order chi connectivity index (χ1) is 10.3. The van der Waals surface area contributed by atoms with Crippen LogP contribution in [0.15, 0.2) is 41.4 Å². The summed E-state index contributed by atoms with van der Waals surface area (Å²) in [5, 5.41) is 6.99. The molecule has 1 aliphatic rings. The minimum absolute atomic E-state index is 0.0292. The fraction of sp³-hybridized carbons (Fsp3) is 0.333. The van der Waals surface area contributed by atoms with Crippen LogP contribution in [0.4, 0.5) is 4.79 Å². The number of amides is 2. The number of hydrogen-bond donors (Lipinski definition) is 1. The van der Waals surface area contributed by atoms with Gasteiger partial charge in [-0.1, -0.05) is 0 Å². The number of nitrogens with zero attached hydrogens (tertiary/aromatic N) is 2. The topological polar surface area (TPSA) is 54.5 Å². The Bertz CT molecular complexity index is 574. The van der Waals surface area contributed by atoms with Gasteiger partial charge in [0.05, 0.1) is 12.7 Å². The van der Waals surface area contributed by atoms with Crippen molar-refractivity contribution in [2.45, 2.75) is 19.1 Å². The van der Waals surface area contributed by atoms with Crippen LogP contribution < -0.4 is 10.1 Å². The Morgan fingerprint density at radius 3 is 3.24 bits per heavy atom. The number of likely N-dealkylation sites (tertiary alicyclic amines) is 1. The molecule has 0 spiro atoms. The first kappa shape index (κ1) is 13.9. The fourth-order valence-corrected chi connectivity index (χ4v) is 2.97. The summed E-state index contributed by atoms with van der Waals surface area (Å²) in [7, 11) is 0. The SMILES string of the molecule is O=C(NCc1ccsc1)N1CCC(Oc2cccnc2)C1. The highest BCUT2D eigenvalue weighted by Gasteiger charge is 2.27. The number of pyridine rings is 1. The summed E-state index contributed by atoms with van der Waals surface area (Å²) >= 11 is 1.63. The molecule has 2 aromatic heterocycles. The molecule has 1 fully saturated rings. The Balaban J connectivity index is 1.46. The van der Waals surface area contributed by atoms with Crippen molar-refractivity contribution in [3.05, 3.63) is 46.9 Å². The Labute approximate surface area is 127 Å². The first-order valence-corrected chi connectivity index (χ1v) is 7.86. The Kier molecular flexibility index (Phi) is 4.35. The second-order valence-electron chi connectivity index (χ2n) is 4.95.